The fourth-order valence-corrected chi connectivity index (χ4v) is 2.44. The SMILES string of the molecule is CCNC(=NCc1cn(C)nc1C(F)(F)F)NCC(C)Oc1ccccc1F. The lowest BCUT2D eigenvalue weighted by molar-refractivity contribution is -0.142. The Balaban J connectivity index is 2.00. The summed E-state index contributed by atoms with van der Waals surface area (Å²) in [4.78, 5) is 4.18. The van der Waals surface area contributed by atoms with Crippen molar-refractivity contribution in [1.29, 1.82) is 0 Å². The molecule has 0 bridgehead atoms. The van der Waals surface area contributed by atoms with Crippen LogP contribution >= 0.6 is 0 Å². The molecule has 0 aliphatic carbocycles. The van der Waals surface area contributed by atoms with Crippen LogP contribution in [0.5, 0.6) is 5.75 Å². The number of aliphatic imine (C=N–C) groups is 1. The van der Waals surface area contributed by atoms with E-state index in [2.05, 4.69) is 20.7 Å². The molecule has 1 unspecified atom stereocenters. The predicted octanol–water partition coefficient (Wildman–Crippen LogP) is 3.10. The molecular formula is C18H23F4N5O. The molecule has 6 nitrogen and oxygen atoms in total. The Morgan fingerprint density at radius 1 is 1.29 bits per heavy atom. The third-order valence-electron chi connectivity index (χ3n) is 3.65. The molecule has 0 fully saturated rings. The van der Waals surface area contributed by atoms with Gasteiger partial charge in [0.25, 0.3) is 0 Å². The number of hydrogen-bond donors (Lipinski definition) is 2. The van der Waals surface area contributed by atoms with E-state index in [0.29, 0.717) is 12.5 Å². The molecule has 0 amide bonds. The number of aryl methyl sites for hydroxylation is 1. The van der Waals surface area contributed by atoms with Crippen LogP contribution in [-0.2, 0) is 19.8 Å². The van der Waals surface area contributed by atoms with Gasteiger partial charge in [0, 0.05) is 25.4 Å². The van der Waals surface area contributed by atoms with Crippen LogP contribution in [0.3, 0.4) is 0 Å². The molecule has 1 aromatic heterocycles. The maximum absolute atomic E-state index is 13.6. The molecule has 0 aliphatic heterocycles. The molecule has 2 rings (SSSR count). The summed E-state index contributed by atoms with van der Waals surface area (Å²) in [6, 6.07) is 6.05. The minimum Gasteiger partial charge on any atom is -0.486 e. The molecule has 10 heteroatoms. The third kappa shape index (κ3) is 6.14. The average molecular weight is 401 g/mol. The number of para-hydroxylation sites is 1. The van der Waals surface area contributed by atoms with Gasteiger partial charge in [-0.25, -0.2) is 9.38 Å². The van der Waals surface area contributed by atoms with Crippen molar-refractivity contribution in [2.75, 3.05) is 13.1 Å². The summed E-state index contributed by atoms with van der Waals surface area (Å²) in [6.45, 7) is 4.18. The van der Waals surface area contributed by atoms with Crippen molar-refractivity contribution in [3.63, 3.8) is 0 Å². The first-order valence-corrected chi connectivity index (χ1v) is 8.73. The van der Waals surface area contributed by atoms with Crippen LogP contribution in [0.15, 0.2) is 35.5 Å². The minimum atomic E-state index is -4.54. The number of nitrogens with one attached hydrogen (secondary N) is 2. The van der Waals surface area contributed by atoms with Crippen molar-refractivity contribution in [3.05, 3.63) is 47.5 Å². The molecule has 0 saturated carbocycles. The molecule has 0 spiro atoms. The van der Waals surface area contributed by atoms with Gasteiger partial charge in [0.1, 0.15) is 6.10 Å². The lowest BCUT2D eigenvalue weighted by Gasteiger charge is -2.18. The Hall–Kier alpha value is -2.78. The van der Waals surface area contributed by atoms with E-state index in [-0.39, 0.29) is 24.4 Å². The van der Waals surface area contributed by atoms with Crippen LogP contribution in [0.25, 0.3) is 0 Å². The van der Waals surface area contributed by atoms with Gasteiger partial charge in [0.15, 0.2) is 23.2 Å². The molecule has 2 aromatic rings. The zero-order chi connectivity index (χ0) is 20.7. The van der Waals surface area contributed by atoms with Crippen LogP contribution in [0.1, 0.15) is 25.1 Å². The molecule has 0 aliphatic rings. The summed E-state index contributed by atoms with van der Waals surface area (Å²) in [5.41, 5.74) is -0.978. The van der Waals surface area contributed by atoms with Crippen LogP contribution < -0.4 is 15.4 Å². The van der Waals surface area contributed by atoms with Gasteiger partial charge >= 0.3 is 6.18 Å². The third-order valence-corrected chi connectivity index (χ3v) is 3.65. The lowest BCUT2D eigenvalue weighted by atomic mass is 10.2. The molecule has 28 heavy (non-hydrogen) atoms. The summed E-state index contributed by atoms with van der Waals surface area (Å²) in [5.74, 6) is -0.0152. The van der Waals surface area contributed by atoms with Crippen LogP contribution in [0.2, 0.25) is 0 Å². The van der Waals surface area contributed by atoms with Gasteiger partial charge in [0.05, 0.1) is 13.1 Å². The normalized spacial score (nSPS) is 13.3. The average Bonchev–Trinajstić information content (AvgIpc) is 3.00. The van der Waals surface area contributed by atoms with Gasteiger partial charge in [-0.2, -0.15) is 18.3 Å². The number of aromatic nitrogens is 2. The fourth-order valence-electron chi connectivity index (χ4n) is 2.44. The van der Waals surface area contributed by atoms with Crippen molar-refractivity contribution >= 4 is 5.96 Å². The van der Waals surface area contributed by atoms with E-state index in [1.165, 1.54) is 25.4 Å². The predicted molar refractivity (Wildman–Crippen MR) is 97.5 cm³/mol. The fraction of sp³-hybridized carbons (Fsp3) is 0.444. The van der Waals surface area contributed by atoms with E-state index in [4.69, 9.17) is 4.74 Å². The Bertz CT molecular complexity index is 804. The van der Waals surface area contributed by atoms with E-state index >= 15 is 0 Å². The highest BCUT2D eigenvalue weighted by atomic mass is 19.4. The number of guanidine groups is 1. The zero-order valence-electron chi connectivity index (χ0n) is 15.8. The first-order valence-electron chi connectivity index (χ1n) is 8.73. The molecule has 1 aromatic carbocycles. The highest BCUT2D eigenvalue weighted by Crippen LogP contribution is 2.30. The zero-order valence-corrected chi connectivity index (χ0v) is 15.8. The van der Waals surface area contributed by atoms with Crippen molar-refractivity contribution in [3.8, 4) is 5.75 Å². The molecule has 1 atom stereocenters. The van der Waals surface area contributed by atoms with Crippen LogP contribution in [-0.4, -0.2) is 34.9 Å². The first kappa shape index (κ1) is 21.5. The van der Waals surface area contributed by atoms with Crippen molar-refractivity contribution in [1.82, 2.24) is 20.4 Å². The molecule has 1 heterocycles. The van der Waals surface area contributed by atoms with E-state index in [9.17, 15) is 17.6 Å². The van der Waals surface area contributed by atoms with Crippen molar-refractivity contribution in [2.45, 2.75) is 32.7 Å². The standard InChI is InChI=1S/C18H23F4N5O/c1-4-23-17(24-9-12(2)28-15-8-6-5-7-14(15)19)25-10-13-11-27(3)26-16(13)18(20,21)22/h5-8,11-12H,4,9-10H2,1-3H3,(H2,23,24,25). The van der Waals surface area contributed by atoms with Gasteiger partial charge in [0.2, 0.25) is 0 Å². The summed E-state index contributed by atoms with van der Waals surface area (Å²) in [6.07, 6.45) is -3.65. The smallest absolute Gasteiger partial charge is 0.435 e. The summed E-state index contributed by atoms with van der Waals surface area (Å²) in [5, 5.41) is 9.39. The number of benzene rings is 1. The first-order chi connectivity index (χ1) is 13.2. The molecule has 0 saturated heterocycles. The van der Waals surface area contributed by atoms with Crippen LogP contribution in [0, 0.1) is 5.82 Å². The van der Waals surface area contributed by atoms with Gasteiger partial charge < -0.3 is 15.4 Å². The second-order valence-corrected chi connectivity index (χ2v) is 6.11. The Labute approximate surface area is 160 Å². The molecule has 2 N–H and O–H groups in total. The van der Waals surface area contributed by atoms with E-state index in [0.717, 1.165) is 4.68 Å². The topological polar surface area (TPSA) is 63.5 Å². The van der Waals surface area contributed by atoms with Crippen molar-refractivity contribution < 1.29 is 22.3 Å². The number of rotatable bonds is 7. The summed E-state index contributed by atoms with van der Waals surface area (Å²) >= 11 is 0. The summed E-state index contributed by atoms with van der Waals surface area (Å²) in [7, 11) is 1.42. The van der Waals surface area contributed by atoms with Gasteiger partial charge in [-0.3, -0.25) is 4.68 Å². The number of nitrogens with zero attached hydrogens (tertiary/aromatic N) is 3. The molecule has 154 valence electrons. The lowest BCUT2D eigenvalue weighted by Crippen LogP contribution is -2.41. The Morgan fingerprint density at radius 2 is 2.00 bits per heavy atom. The maximum atomic E-state index is 13.6. The Morgan fingerprint density at radius 3 is 2.64 bits per heavy atom. The van der Waals surface area contributed by atoms with Crippen molar-refractivity contribution in [2.24, 2.45) is 12.0 Å². The maximum Gasteiger partial charge on any atom is 0.435 e. The quantitative estimate of drug-likeness (QED) is 0.425. The monoisotopic (exact) mass is 401 g/mol. The number of halogens is 4. The highest BCUT2D eigenvalue weighted by molar-refractivity contribution is 5.79. The molecular weight excluding hydrogens is 378 g/mol. The second kappa shape index (κ2) is 9.43. The number of ether oxygens (including phenoxy) is 1. The molecule has 0 radical (unpaired) electrons. The minimum absolute atomic E-state index is 0.0251. The van der Waals surface area contributed by atoms with E-state index in [1.807, 2.05) is 6.92 Å². The van der Waals surface area contributed by atoms with Gasteiger partial charge in [-0.15, -0.1) is 0 Å². The second-order valence-electron chi connectivity index (χ2n) is 6.11. The van der Waals surface area contributed by atoms with Crippen LogP contribution in [0.4, 0.5) is 17.6 Å². The highest BCUT2D eigenvalue weighted by Gasteiger charge is 2.36. The Kier molecular flexibility index (Phi) is 7.24. The van der Waals surface area contributed by atoms with E-state index in [1.54, 1.807) is 19.1 Å². The van der Waals surface area contributed by atoms with E-state index < -0.39 is 23.8 Å². The number of hydrogen-bond acceptors (Lipinski definition) is 3. The van der Waals surface area contributed by atoms with Gasteiger partial charge in [-0.05, 0) is 26.0 Å². The summed E-state index contributed by atoms with van der Waals surface area (Å²) < 4.78 is 59.3. The van der Waals surface area contributed by atoms with Gasteiger partial charge in [-0.1, -0.05) is 12.1 Å². The number of alkyl halides is 3. The largest absolute Gasteiger partial charge is 0.486 e.